The molecule has 0 aliphatic carbocycles. The molecule has 0 aromatic rings. The Bertz CT molecular complexity index is 94.7. The molecule has 0 saturated carbocycles. The fourth-order valence-electron chi connectivity index (χ4n) is 0.281. The maximum atomic E-state index is 4.88. The van der Waals surface area contributed by atoms with Crippen molar-refractivity contribution < 1.29 is 4.74 Å². The van der Waals surface area contributed by atoms with E-state index in [1.165, 1.54) is 0 Å². The lowest BCUT2D eigenvalue weighted by Crippen LogP contribution is -1.96. The van der Waals surface area contributed by atoms with Crippen LogP contribution in [0.2, 0.25) is 0 Å². The van der Waals surface area contributed by atoms with Gasteiger partial charge in [0.2, 0.25) is 0 Å². The van der Waals surface area contributed by atoms with Crippen LogP contribution in [0.5, 0.6) is 0 Å². The van der Waals surface area contributed by atoms with E-state index in [4.69, 9.17) is 4.74 Å². The van der Waals surface area contributed by atoms with E-state index < -0.39 is 0 Å². The summed E-state index contributed by atoms with van der Waals surface area (Å²) in [6.45, 7) is 6.69. The van der Waals surface area contributed by atoms with E-state index in [0.717, 1.165) is 6.61 Å². The molecule has 8 heavy (non-hydrogen) atoms. The topological polar surface area (TPSA) is 9.23 Å². The van der Waals surface area contributed by atoms with Crippen molar-refractivity contribution in [1.82, 2.24) is 0 Å². The molecular formula is C7H12O. The van der Waals surface area contributed by atoms with Crippen LogP contribution in [0.1, 0.15) is 20.8 Å². The molecule has 0 rings (SSSR count). The van der Waals surface area contributed by atoms with Gasteiger partial charge < -0.3 is 4.74 Å². The number of rotatable bonds is 2. The largest absolute Gasteiger partial charge is 0.446 e. The molecule has 0 fully saturated rings. The summed E-state index contributed by atoms with van der Waals surface area (Å²) in [6, 6.07) is 0. The van der Waals surface area contributed by atoms with Gasteiger partial charge in [0.1, 0.15) is 12.7 Å². The zero-order valence-corrected chi connectivity index (χ0v) is 5.69. The molecule has 0 aromatic heterocycles. The molecule has 0 saturated heterocycles. The number of ether oxygens (including phenoxy) is 1. The monoisotopic (exact) mass is 112 g/mol. The molecule has 0 bridgehead atoms. The molecule has 0 aliphatic heterocycles. The molecule has 0 aliphatic rings. The average molecular weight is 112 g/mol. The van der Waals surface area contributed by atoms with Crippen LogP contribution in [0.15, 0.2) is 0 Å². The van der Waals surface area contributed by atoms with Crippen molar-refractivity contribution in [3.8, 4) is 12.0 Å². The van der Waals surface area contributed by atoms with Gasteiger partial charge in [-0.1, -0.05) is 19.8 Å². The fourth-order valence-corrected chi connectivity index (χ4v) is 0.281. The quantitative estimate of drug-likeness (QED) is 0.493. The Morgan fingerprint density at radius 3 is 2.50 bits per heavy atom. The lowest BCUT2D eigenvalue weighted by Gasteiger charge is -1.98. The Morgan fingerprint density at radius 1 is 1.50 bits per heavy atom. The minimum absolute atomic E-state index is 0.579. The Morgan fingerprint density at radius 2 is 2.12 bits per heavy atom. The third-order valence-electron chi connectivity index (χ3n) is 0.591. The molecule has 0 spiro atoms. The van der Waals surface area contributed by atoms with Gasteiger partial charge in [0.05, 0.1) is 0 Å². The van der Waals surface area contributed by atoms with Crippen LogP contribution >= 0.6 is 0 Å². The van der Waals surface area contributed by atoms with Crippen LogP contribution in [-0.2, 0) is 4.74 Å². The highest BCUT2D eigenvalue weighted by Crippen LogP contribution is 1.89. The Labute approximate surface area is 51.0 Å². The molecule has 0 unspecified atom stereocenters. The average Bonchev–Trinajstić information content (AvgIpc) is 1.66. The van der Waals surface area contributed by atoms with Gasteiger partial charge in [-0.2, -0.15) is 0 Å². The summed E-state index contributed by atoms with van der Waals surface area (Å²) in [5.74, 6) is 3.23. The van der Waals surface area contributed by atoms with Crippen molar-refractivity contribution in [1.29, 1.82) is 0 Å². The van der Waals surface area contributed by atoms with E-state index >= 15 is 0 Å². The van der Waals surface area contributed by atoms with Gasteiger partial charge in [-0.3, -0.25) is 0 Å². The van der Waals surface area contributed by atoms with Crippen LogP contribution in [0.25, 0.3) is 0 Å². The molecule has 0 heterocycles. The summed E-state index contributed by atoms with van der Waals surface area (Å²) in [5.41, 5.74) is 0. The van der Waals surface area contributed by atoms with E-state index in [-0.39, 0.29) is 0 Å². The van der Waals surface area contributed by atoms with Crippen LogP contribution in [0.3, 0.4) is 0 Å². The molecule has 0 radical (unpaired) electrons. The minimum Gasteiger partial charge on any atom is -0.446 e. The molecule has 46 valence electrons. The first-order valence-electron chi connectivity index (χ1n) is 2.81. The van der Waals surface area contributed by atoms with Gasteiger partial charge in [-0.05, 0) is 5.92 Å². The molecule has 0 amide bonds. The zero-order chi connectivity index (χ0) is 6.41. The molecule has 0 aromatic carbocycles. The lowest BCUT2D eigenvalue weighted by molar-refractivity contribution is 0.235. The second-order valence-electron chi connectivity index (χ2n) is 2.06. The van der Waals surface area contributed by atoms with Crippen LogP contribution in [0, 0.1) is 17.9 Å². The summed E-state index contributed by atoms with van der Waals surface area (Å²) in [5, 5.41) is 0. The third kappa shape index (κ3) is 5.36. The SMILES string of the molecule is CC#COCC(C)C. The highest BCUT2D eigenvalue weighted by Gasteiger charge is 1.88. The van der Waals surface area contributed by atoms with E-state index in [2.05, 4.69) is 25.9 Å². The fraction of sp³-hybridized carbons (Fsp3) is 0.714. The Hall–Kier alpha value is -0.640. The van der Waals surface area contributed by atoms with E-state index in [1.54, 1.807) is 6.92 Å². The van der Waals surface area contributed by atoms with Gasteiger partial charge in [-0.15, -0.1) is 0 Å². The second kappa shape index (κ2) is 4.52. The van der Waals surface area contributed by atoms with Gasteiger partial charge in [0, 0.05) is 6.92 Å². The molecule has 1 nitrogen and oxygen atoms in total. The second-order valence-corrected chi connectivity index (χ2v) is 2.06. The van der Waals surface area contributed by atoms with Gasteiger partial charge >= 0.3 is 0 Å². The molecular weight excluding hydrogens is 100 g/mol. The van der Waals surface area contributed by atoms with E-state index in [9.17, 15) is 0 Å². The summed E-state index contributed by atoms with van der Waals surface area (Å²) >= 11 is 0. The maximum absolute atomic E-state index is 4.88. The van der Waals surface area contributed by atoms with E-state index in [0.29, 0.717) is 5.92 Å². The van der Waals surface area contributed by atoms with Gasteiger partial charge in [-0.25, -0.2) is 0 Å². The number of hydrogen-bond donors (Lipinski definition) is 0. The first-order valence-corrected chi connectivity index (χ1v) is 2.81. The molecule has 1 heteroatoms. The van der Waals surface area contributed by atoms with Crippen LogP contribution in [-0.4, -0.2) is 6.61 Å². The number of hydrogen-bond acceptors (Lipinski definition) is 1. The lowest BCUT2D eigenvalue weighted by atomic mass is 10.2. The Kier molecular flexibility index (Phi) is 4.16. The minimum atomic E-state index is 0.579. The predicted octanol–water partition coefficient (Wildman–Crippen LogP) is 1.64. The van der Waals surface area contributed by atoms with Gasteiger partial charge in [0.25, 0.3) is 0 Å². The molecule has 0 N–H and O–H groups in total. The standard InChI is InChI=1S/C7H12O/c1-4-5-8-6-7(2)3/h7H,6H2,1-3H3. The third-order valence-corrected chi connectivity index (χ3v) is 0.591. The zero-order valence-electron chi connectivity index (χ0n) is 5.69. The predicted molar refractivity (Wildman–Crippen MR) is 34.2 cm³/mol. The molecule has 0 atom stereocenters. The van der Waals surface area contributed by atoms with Crippen LogP contribution in [0.4, 0.5) is 0 Å². The van der Waals surface area contributed by atoms with Crippen LogP contribution < -0.4 is 0 Å². The summed E-state index contributed by atoms with van der Waals surface area (Å²) < 4.78 is 4.88. The van der Waals surface area contributed by atoms with Crippen molar-refractivity contribution in [2.75, 3.05) is 6.61 Å². The van der Waals surface area contributed by atoms with Crippen molar-refractivity contribution >= 4 is 0 Å². The summed E-state index contributed by atoms with van der Waals surface area (Å²) in [6.07, 6.45) is 2.53. The summed E-state index contributed by atoms with van der Waals surface area (Å²) in [7, 11) is 0. The highest BCUT2D eigenvalue weighted by molar-refractivity contribution is 4.85. The summed E-state index contributed by atoms with van der Waals surface area (Å²) in [4.78, 5) is 0. The van der Waals surface area contributed by atoms with Crippen molar-refractivity contribution in [2.24, 2.45) is 5.92 Å². The first-order chi connectivity index (χ1) is 3.77. The first kappa shape index (κ1) is 7.36. The van der Waals surface area contributed by atoms with E-state index in [1.807, 2.05) is 0 Å². The maximum Gasteiger partial charge on any atom is 0.109 e. The van der Waals surface area contributed by atoms with Gasteiger partial charge in [0.15, 0.2) is 0 Å². The smallest absolute Gasteiger partial charge is 0.109 e. The highest BCUT2D eigenvalue weighted by atomic mass is 16.5. The van der Waals surface area contributed by atoms with Crippen molar-refractivity contribution in [3.05, 3.63) is 0 Å². The van der Waals surface area contributed by atoms with Crippen molar-refractivity contribution in [2.45, 2.75) is 20.8 Å². The Balaban J connectivity index is 3.01. The normalized spacial score (nSPS) is 8.00. The van der Waals surface area contributed by atoms with Crippen molar-refractivity contribution in [3.63, 3.8) is 0 Å².